The topological polar surface area (TPSA) is 394 Å². The zero-order valence-electron chi connectivity index (χ0n) is 51.6. The lowest BCUT2D eigenvalue weighted by Crippen LogP contribution is -1.88. The van der Waals surface area contributed by atoms with Crippen LogP contribution < -0.4 is 0 Å². The number of hydrogen-bond acceptors (Lipinski definition) is 30. The van der Waals surface area contributed by atoms with Gasteiger partial charge in [0.1, 0.15) is 0 Å². The Hall–Kier alpha value is -7.95. The highest BCUT2D eigenvalue weighted by molar-refractivity contribution is 5.75. The van der Waals surface area contributed by atoms with Gasteiger partial charge in [0.15, 0.2) is 0 Å². The van der Waals surface area contributed by atoms with Crippen LogP contribution in [0.25, 0.3) is 0 Å². The number of carbonyl (C=O) groups is 15. The molecule has 0 atom stereocenters. The Morgan fingerprint density at radius 1 is 0.111 bits per heavy atom. The molecule has 15 aliphatic rings. The highest BCUT2D eigenvalue weighted by Crippen LogP contribution is 2.08. The van der Waals surface area contributed by atoms with Gasteiger partial charge in [0.2, 0.25) is 0 Å². The fourth-order valence-electron chi connectivity index (χ4n) is 7.12. The number of hydrogen-bond donors (Lipinski definition) is 0. The van der Waals surface area contributed by atoms with Crippen molar-refractivity contribution in [3.63, 3.8) is 0 Å². The monoisotopic (exact) mass is 1290 g/mol. The van der Waals surface area contributed by atoms with Crippen molar-refractivity contribution >= 4 is 89.5 Å². The first-order chi connectivity index (χ1) is 43.4. The van der Waals surface area contributed by atoms with Crippen molar-refractivity contribution in [3.8, 4) is 0 Å². The smallest absolute Gasteiger partial charge is 0.305 e. The molecule has 0 aromatic rings. The molecule has 15 rings (SSSR count). The molecule has 30 nitrogen and oxygen atoms in total. The summed E-state index contributed by atoms with van der Waals surface area (Å²) in [6.07, 6.45) is 23.1. The fourth-order valence-corrected chi connectivity index (χ4v) is 7.12. The summed E-state index contributed by atoms with van der Waals surface area (Å²) in [6, 6.07) is 0. The summed E-state index contributed by atoms with van der Waals surface area (Å²) in [5.74, 6) is -0.694. The summed E-state index contributed by atoms with van der Waals surface area (Å²) in [5.41, 5.74) is 0. The average Bonchev–Trinajstić information content (AvgIpc) is 4.31. The lowest BCUT2D eigenvalue weighted by Gasteiger charge is -1.81. The van der Waals surface area contributed by atoms with Gasteiger partial charge in [0, 0.05) is 96.3 Å². The number of ether oxygens (including phenoxy) is 15. The van der Waals surface area contributed by atoms with Gasteiger partial charge in [-0.05, 0) is 96.3 Å². The first-order valence-electron chi connectivity index (χ1n) is 30.8. The number of carbonyl (C=O) groups excluding carboxylic acids is 15. The molecule has 15 fully saturated rings. The van der Waals surface area contributed by atoms with Crippen LogP contribution in [0.5, 0.6) is 0 Å². The Kier molecular flexibility index (Phi) is 49.1. The molecule has 30 heteroatoms. The molecule has 0 aliphatic carbocycles. The van der Waals surface area contributed by atoms with Crippen LogP contribution >= 0.6 is 0 Å². The van der Waals surface area contributed by atoms with E-state index in [9.17, 15) is 71.9 Å². The minimum absolute atomic E-state index is 0.0463. The zero-order valence-corrected chi connectivity index (χ0v) is 51.6. The molecule has 0 saturated carbocycles. The Morgan fingerprint density at radius 2 is 0.167 bits per heavy atom. The second kappa shape index (κ2) is 55.1. The van der Waals surface area contributed by atoms with Crippen LogP contribution in [0, 0.1) is 0 Å². The van der Waals surface area contributed by atoms with Gasteiger partial charge >= 0.3 is 89.5 Å². The van der Waals surface area contributed by atoms with Gasteiger partial charge in [-0.1, -0.05) is 0 Å². The average molecular weight is 1290 g/mol. The maximum atomic E-state index is 10.0. The first-order valence-corrected chi connectivity index (χ1v) is 30.8. The van der Waals surface area contributed by atoms with Gasteiger partial charge in [-0.2, -0.15) is 0 Å². The molecule has 90 heavy (non-hydrogen) atoms. The largest absolute Gasteiger partial charge is 0.466 e. The molecule has 510 valence electrons. The van der Waals surface area contributed by atoms with Crippen LogP contribution in [0.2, 0.25) is 0 Å². The summed E-state index contributed by atoms with van der Waals surface area (Å²) in [6.45, 7) is 9.57. The lowest BCUT2D eigenvalue weighted by atomic mass is 10.4. The molecule has 15 aliphatic heterocycles. The zero-order chi connectivity index (χ0) is 66.1. The van der Waals surface area contributed by atoms with Gasteiger partial charge in [0.05, 0.1) is 99.1 Å². The summed E-state index contributed by atoms with van der Waals surface area (Å²) in [7, 11) is 0. The van der Waals surface area contributed by atoms with Crippen LogP contribution in [0.3, 0.4) is 0 Å². The molecule has 0 amide bonds. The van der Waals surface area contributed by atoms with E-state index in [2.05, 4.69) is 71.1 Å². The second-order valence-corrected chi connectivity index (χ2v) is 19.9. The molecule has 0 radical (unpaired) electrons. The predicted octanol–water partition coefficient (Wildman–Crippen LogP) is 4.85. The third kappa shape index (κ3) is 53.1. The second-order valence-electron chi connectivity index (χ2n) is 19.9. The van der Waals surface area contributed by atoms with Crippen LogP contribution in [0.15, 0.2) is 0 Å². The maximum absolute atomic E-state index is 10.0. The van der Waals surface area contributed by atoms with Crippen molar-refractivity contribution in [2.45, 2.75) is 193 Å². The molecule has 0 spiro atoms. The Morgan fingerprint density at radius 3 is 0.178 bits per heavy atom. The molecule has 0 aromatic carbocycles. The van der Waals surface area contributed by atoms with Gasteiger partial charge in [-0.3, -0.25) is 71.9 Å². The SMILES string of the molecule is O=C1CCCO1.O=C1CCCO1.O=C1CCCO1.O=C1CCCO1.O=C1CCCO1.O=C1CCCO1.O=C1CCCO1.O=C1CCCO1.O=C1CCCO1.O=C1CCCO1.O=C1CCCO1.O=C1CCCO1.O=C1CCCO1.O=C1CCCO1.O=C1CCCO1. The minimum Gasteiger partial charge on any atom is -0.466 e. The summed E-state index contributed by atoms with van der Waals surface area (Å²) >= 11 is 0. The molecule has 0 N–H and O–H groups in total. The third-order valence-corrected chi connectivity index (χ3v) is 11.8. The highest BCUT2D eigenvalue weighted by Gasteiger charge is 2.16. The van der Waals surface area contributed by atoms with E-state index < -0.39 is 0 Å². The van der Waals surface area contributed by atoms with E-state index >= 15 is 0 Å². The van der Waals surface area contributed by atoms with Crippen molar-refractivity contribution in [2.75, 3.05) is 99.1 Å². The molecular formula is C60H90O30. The number of esters is 15. The first kappa shape index (κ1) is 80.1. The van der Waals surface area contributed by atoms with Crippen LogP contribution in [0.1, 0.15) is 193 Å². The van der Waals surface area contributed by atoms with Crippen molar-refractivity contribution in [1.82, 2.24) is 0 Å². The molecule has 0 unspecified atom stereocenters. The molecule has 0 aromatic heterocycles. The van der Waals surface area contributed by atoms with Gasteiger partial charge in [-0.15, -0.1) is 0 Å². The summed E-state index contributed by atoms with van der Waals surface area (Å²) in [4.78, 5) is 150. The van der Waals surface area contributed by atoms with E-state index in [1.54, 1.807) is 0 Å². The number of cyclic esters (lactones) is 15. The standard InChI is InChI=1S/15C4H6O2/c15*5-4-2-1-3-6-4/h15*1-3H2. The van der Waals surface area contributed by atoms with E-state index in [-0.39, 0.29) is 89.5 Å². The quantitative estimate of drug-likeness (QED) is 0.231. The Bertz CT molecular complexity index is 1490. The van der Waals surface area contributed by atoms with Crippen molar-refractivity contribution in [2.24, 2.45) is 0 Å². The molecule has 0 bridgehead atoms. The Labute approximate surface area is 522 Å². The third-order valence-electron chi connectivity index (χ3n) is 11.8. The predicted molar refractivity (Wildman–Crippen MR) is 303 cm³/mol. The van der Waals surface area contributed by atoms with Crippen LogP contribution in [0.4, 0.5) is 0 Å². The minimum atomic E-state index is -0.0463. The molecular weight excluding hydrogens is 1200 g/mol. The van der Waals surface area contributed by atoms with E-state index in [1.165, 1.54) is 0 Å². The van der Waals surface area contributed by atoms with Crippen molar-refractivity contribution < 1.29 is 143 Å². The van der Waals surface area contributed by atoms with E-state index in [0.29, 0.717) is 195 Å². The molecule has 15 saturated heterocycles. The summed E-state index contributed by atoms with van der Waals surface area (Å²) in [5, 5.41) is 0. The van der Waals surface area contributed by atoms with Gasteiger partial charge in [-0.25, -0.2) is 0 Å². The van der Waals surface area contributed by atoms with Gasteiger partial charge in [0.25, 0.3) is 0 Å². The van der Waals surface area contributed by atoms with Crippen molar-refractivity contribution in [3.05, 3.63) is 0 Å². The van der Waals surface area contributed by atoms with Crippen LogP contribution in [-0.2, 0) is 143 Å². The normalized spacial score (nSPS) is 21.0. The maximum Gasteiger partial charge on any atom is 0.305 e. The van der Waals surface area contributed by atoms with E-state index in [4.69, 9.17) is 0 Å². The number of rotatable bonds is 0. The lowest BCUT2D eigenvalue weighted by molar-refractivity contribution is -0.138. The van der Waals surface area contributed by atoms with Crippen molar-refractivity contribution in [1.29, 1.82) is 0 Å². The van der Waals surface area contributed by atoms with Crippen LogP contribution in [-0.4, -0.2) is 189 Å². The van der Waals surface area contributed by atoms with E-state index in [1.807, 2.05) is 0 Å². The Balaban J connectivity index is 0.000000482. The molecule has 15 heterocycles. The van der Waals surface area contributed by atoms with E-state index in [0.717, 1.165) is 96.3 Å². The highest BCUT2D eigenvalue weighted by atomic mass is 16.6. The summed E-state index contributed by atoms with van der Waals surface area (Å²) < 4.78 is 67.7. The van der Waals surface area contributed by atoms with Gasteiger partial charge < -0.3 is 71.1 Å². The fraction of sp³-hybridized carbons (Fsp3) is 0.750.